The Balaban J connectivity index is 3.41. The van der Waals surface area contributed by atoms with Gasteiger partial charge in [-0.05, 0) is 44.8 Å². The molecule has 0 amide bonds. The normalized spacial score (nSPS) is 13.0. The van der Waals surface area contributed by atoms with Crippen LogP contribution in [0, 0.1) is 5.82 Å². The maximum absolute atomic E-state index is 13.1. The van der Waals surface area contributed by atoms with Gasteiger partial charge >= 0.3 is 0 Å². The van der Waals surface area contributed by atoms with Crippen LogP contribution >= 0.6 is 31.9 Å². The minimum Gasteiger partial charge on any atom is -0.506 e. The third-order valence-electron chi connectivity index (χ3n) is 1.66. The highest BCUT2D eigenvalue weighted by molar-refractivity contribution is 9.11. The van der Waals surface area contributed by atoms with Crippen LogP contribution in [0.25, 0.3) is 0 Å². The Kier molecular flexibility index (Phi) is 3.32. The lowest BCUT2D eigenvalue weighted by molar-refractivity contribution is 0.452. The van der Waals surface area contributed by atoms with Crippen LogP contribution in [-0.4, -0.2) is 5.11 Å². The first-order valence-corrected chi connectivity index (χ1v) is 5.15. The molecule has 0 saturated heterocycles. The standard InChI is InChI=1S/C8H8Br2FNO/c1-3(12)4-2-5(9)7(11)6(10)8(4)13/h2-3,13H,12H2,1H3. The van der Waals surface area contributed by atoms with Crippen LogP contribution in [0.4, 0.5) is 4.39 Å². The van der Waals surface area contributed by atoms with Gasteiger partial charge in [0.05, 0.1) is 8.95 Å². The zero-order chi connectivity index (χ0) is 10.2. The largest absolute Gasteiger partial charge is 0.506 e. The van der Waals surface area contributed by atoms with E-state index in [0.29, 0.717) is 5.56 Å². The highest BCUT2D eigenvalue weighted by Gasteiger charge is 2.16. The third-order valence-corrected chi connectivity index (χ3v) is 2.96. The van der Waals surface area contributed by atoms with E-state index in [4.69, 9.17) is 5.73 Å². The van der Waals surface area contributed by atoms with Gasteiger partial charge in [0.1, 0.15) is 5.75 Å². The van der Waals surface area contributed by atoms with E-state index in [9.17, 15) is 9.50 Å². The molecule has 13 heavy (non-hydrogen) atoms. The van der Waals surface area contributed by atoms with Crippen molar-refractivity contribution in [2.75, 3.05) is 0 Å². The van der Waals surface area contributed by atoms with Gasteiger partial charge in [-0.1, -0.05) is 0 Å². The predicted octanol–water partition coefficient (Wildman–Crippen LogP) is 3.08. The van der Waals surface area contributed by atoms with Crippen LogP contribution < -0.4 is 5.73 Å². The summed E-state index contributed by atoms with van der Waals surface area (Å²) in [4.78, 5) is 0. The fraction of sp³-hybridized carbons (Fsp3) is 0.250. The Morgan fingerprint density at radius 2 is 2.08 bits per heavy atom. The number of hydrogen-bond donors (Lipinski definition) is 2. The molecule has 1 aromatic carbocycles. The number of phenols is 1. The molecule has 5 heteroatoms. The van der Waals surface area contributed by atoms with Crippen molar-refractivity contribution in [3.05, 3.63) is 26.4 Å². The number of phenolic OH excluding ortho intramolecular Hbond substituents is 1. The van der Waals surface area contributed by atoms with Gasteiger partial charge in [-0.2, -0.15) is 0 Å². The van der Waals surface area contributed by atoms with Gasteiger partial charge in [-0.3, -0.25) is 0 Å². The molecule has 0 saturated carbocycles. The average Bonchev–Trinajstić information content (AvgIpc) is 2.07. The van der Waals surface area contributed by atoms with E-state index in [0.717, 1.165) is 0 Å². The maximum Gasteiger partial charge on any atom is 0.155 e. The zero-order valence-corrected chi connectivity index (χ0v) is 9.99. The minimum atomic E-state index is -0.526. The van der Waals surface area contributed by atoms with Crippen molar-refractivity contribution < 1.29 is 9.50 Å². The van der Waals surface area contributed by atoms with Gasteiger partial charge < -0.3 is 10.8 Å². The lowest BCUT2D eigenvalue weighted by Crippen LogP contribution is -2.06. The zero-order valence-electron chi connectivity index (χ0n) is 6.81. The van der Waals surface area contributed by atoms with E-state index >= 15 is 0 Å². The molecule has 1 atom stereocenters. The topological polar surface area (TPSA) is 46.2 Å². The molecular formula is C8H8Br2FNO. The van der Waals surface area contributed by atoms with Crippen LogP contribution in [0.15, 0.2) is 15.0 Å². The van der Waals surface area contributed by atoms with Gasteiger partial charge in [0.2, 0.25) is 0 Å². The fourth-order valence-electron chi connectivity index (χ4n) is 0.951. The van der Waals surface area contributed by atoms with Gasteiger partial charge in [0.15, 0.2) is 5.82 Å². The Labute approximate surface area is 92.2 Å². The monoisotopic (exact) mass is 311 g/mol. The summed E-state index contributed by atoms with van der Waals surface area (Å²) in [6.45, 7) is 1.71. The second kappa shape index (κ2) is 3.94. The lowest BCUT2D eigenvalue weighted by atomic mass is 10.1. The van der Waals surface area contributed by atoms with E-state index in [1.165, 1.54) is 6.07 Å². The first-order valence-electron chi connectivity index (χ1n) is 3.57. The molecule has 0 spiro atoms. The second-order valence-electron chi connectivity index (χ2n) is 2.71. The van der Waals surface area contributed by atoms with Crippen molar-refractivity contribution in [1.82, 2.24) is 0 Å². The first-order chi connectivity index (χ1) is 5.95. The third kappa shape index (κ3) is 2.03. The molecule has 0 bridgehead atoms. The maximum atomic E-state index is 13.1. The van der Waals surface area contributed by atoms with Crippen LogP contribution in [0.3, 0.4) is 0 Å². The molecule has 0 aliphatic rings. The molecular weight excluding hydrogens is 305 g/mol. The molecule has 0 radical (unpaired) electrons. The molecule has 1 aromatic rings. The number of rotatable bonds is 1. The van der Waals surface area contributed by atoms with E-state index in [1.54, 1.807) is 6.92 Å². The van der Waals surface area contributed by atoms with Crippen molar-refractivity contribution >= 4 is 31.9 Å². The number of nitrogens with two attached hydrogens (primary N) is 1. The summed E-state index contributed by atoms with van der Waals surface area (Å²) >= 11 is 5.97. The predicted molar refractivity (Wildman–Crippen MR) is 56.1 cm³/mol. The molecule has 0 aliphatic heterocycles. The summed E-state index contributed by atoms with van der Waals surface area (Å²) in [5, 5.41) is 9.49. The van der Waals surface area contributed by atoms with Crippen LogP contribution in [-0.2, 0) is 0 Å². The average molecular weight is 313 g/mol. The summed E-state index contributed by atoms with van der Waals surface area (Å²) in [5.74, 6) is -0.669. The van der Waals surface area contributed by atoms with Crippen molar-refractivity contribution in [2.24, 2.45) is 5.73 Å². The summed E-state index contributed by atoms with van der Waals surface area (Å²) in [6.07, 6.45) is 0. The molecule has 1 rings (SSSR count). The fourth-order valence-corrected chi connectivity index (χ4v) is 2.10. The quantitative estimate of drug-likeness (QED) is 0.783. The van der Waals surface area contributed by atoms with E-state index in [-0.39, 0.29) is 20.7 Å². The molecule has 3 N–H and O–H groups in total. The van der Waals surface area contributed by atoms with E-state index < -0.39 is 5.82 Å². The Hall–Kier alpha value is -0.130. The number of hydrogen-bond acceptors (Lipinski definition) is 2. The SMILES string of the molecule is CC(N)c1cc(Br)c(F)c(Br)c1O. The van der Waals surface area contributed by atoms with Crippen molar-refractivity contribution in [3.8, 4) is 5.75 Å². The number of benzene rings is 1. The first kappa shape index (κ1) is 10.9. The van der Waals surface area contributed by atoms with Gasteiger partial charge in [0, 0.05) is 11.6 Å². The number of halogens is 3. The van der Waals surface area contributed by atoms with Crippen LogP contribution in [0.5, 0.6) is 5.75 Å². The molecule has 72 valence electrons. The van der Waals surface area contributed by atoms with Gasteiger partial charge in [0.25, 0.3) is 0 Å². The summed E-state index contributed by atoms with van der Waals surface area (Å²) < 4.78 is 13.5. The highest BCUT2D eigenvalue weighted by atomic mass is 79.9. The van der Waals surface area contributed by atoms with Crippen molar-refractivity contribution in [1.29, 1.82) is 0 Å². The van der Waals surface area contributed by atoms with E-state index in [2.05, 4.69) is 31.9 Å². The van der Waals surface area contributed by atoms with Gasteiger partial charge in [-0.15, -0.1) is 0 Å². The second-order valence-corrected chi connectivity index (χ2v) is 4.36. The van der Waals surface area contributed by atoms with Crippen LogP contribution in [0.1, 0.15) is 18.5 Å². The Morgan fingerprint density at radius 1 is 1.54 bits per heavy atom. The molecule has 0 aliphatic carbocycles. The van der Waals surface area contributed by atoms with E-state index in [1.807, 2.05) is 0 Å². The molecule has 2 nitrogen and oxygen atoms in total. The Morgan fingerprint density at radius 3 is 2.54 bits per heavy atom. The smallest absolute Gasteiger partial charge is 0.155 e. The highest BCUT2D eigenvalue weighted by Crippen LogP contribution is 2.37. The molecule has 1 unspecified atom stereocenters. The summed E-state index contributed by atoms with van der Waals surface area (Å²) in [6, 6.07) is 1.13. The molecule has 0 aromatic heterocycles. The minimum absolute atomic E-state index is 0.0363. The number of aromatic hydroxyl groups is 1. The summed E-state index contributed by atoms with van der Waals surface area (Å²) in [7, 11) is 0. The van der Waals surface area contributed by atoms with Crippen molar-refractivity contribution in [3.63, 3.8) is 0 Å². The molecule has 0 fully saturated rings. The summed E-state index contributed by atoms with van der Waals surface area (Å²) in [5.41, 5.74) is 6.08. The molecule has 0 heterocycles. The lowest BCUT2D eigenvalue weighted by Gasteiger charge is -2.11. The van der Waals surface area contributed by atoms with Gasteiger partial charge in [-0.25, -0.2) is 4.39 Å². The van der Waals surface area contributed by atoms with Crippen molar-refractivity contribution in [2.45, 2.75) is 13.0 Å². The Bertz CT molecular complexity index is 341. The van der Waals surface area contributed by atoms with Crippen LogP contribution in [0.2, 0.25) is 0 Å².